The lowest BCUT2D eigenvalue weighted by Gasteiger charge is -2.29. The van der Waals surface area contributed by atoms with E-state index in [9.17, 15) is 22.4 Å². The van der Waals surface area contributed by atoms with Gasteiger partial charge in [0.15, 0.2) is 0 Å². The third kappa shape index (κ3) is 4.62. The van der Waals surface area contributed by atoms with Gasteiger partial charge in [0.2, 0.25) is 10.0 Å². The lowest BCUT2D eigenvalue weighted by molar-refractivity contribution is -0.144. The molecule has 0 N–H and O–H groups in total. The molecule has 8 nitrogen and oxygen atoms in total. The predicted octanol–water partition coefficient (Wildman–Crippen LogP) is 3.23. The number of amides is 1. The molecular formula is C25H23FN2O6S. The maximum atomic E-state index is 14.5. The molecule has 0 spiro atoms. The first-order valence-corrected chi connectivity index (χ1v) is 12.1. The number of carbonyl (C=O) groups is 2. The summed E-state index contributed by atoms with van der Waals surface area (Å²) in [5.74, 6) is -1.80. The first-order valence-electron chi connectivity index (χ1n) is 10.7. The molecule has 10 heteroatoms. The highest BCUT2D eigenvalue weighted by atomic mass is 32.2. The van der Waals surface area contributed by atoms with Crippen LogP contribution in [0.2, 0.25) is 0 Å². The van der Waals surface area contributed by atoms with E-state index in [1.807, 2.05) is 0 Å². The fraction of sp³-hybridized carbons (Fsp3) is 0.200. The maximum absolute atomic E-state index is 14.5. The number of hydrogen-bond donors (Lipinski definition) is 0. The topological polar surface area (TPSA) is 93.2 Å². The first-order chi connectivity index (χ1) is 16.8. The smallest absolute Gasteiger partial charge is 0.326 e. The minimum Gasteiger partial charge on any atom is -0.497 e. The molecule has 3 aromatic carbocycles. The summed E-state index contributed by atoms with van der Waals surface area (Å²) >= 11 is 0. The molecule has 1 aliphatic rings. The van der Waals surface area contributed by atoms with E-state index >= 15 is 0 Å². The van der Waals surface area contributed by atoms with E-state index in [-0.39, 0.29) is 23.5 Å². The van der Waals surface area contributed by atoms with E-state index in [0.29, 0.717) is 17.0 Å². The Morgan fingerprint density at radius 1 is 0.943 bits per heavy atom. The van der Waals surface area contributed by atoms with Crippen LogP contribution in [0.25, 0.3) is 0 Å². The monoisotopic (exact) mass is 498 g/mol. The summed E-state index contributed by atoms with van der Waals surface area (Å²) in [5.41, 5.74) is 0.653. The number of hydrogen-bond acceptors (Lipinski definition) is 6. The Hall–Kier alpha value is -3.76. The van der Waals surface area contributed by atoms with Crippen molar-refractivity contribution in [1.29, 1.82) is 0 Å². The van der Waals surface area contributed by atoms with Crippen LogP contribution in [0.15, 0.2) is 77.7 Å². The van der Waals surface area contributed by atoms with Crippen LogP contribution in [0.1, 0.15) is 15.9 Å². The summed E-state index contributed by atoms with van der Waals surface area (Å²) in [6.07, 6.45) is 0. The van der Waals surface area contributed by atoms with Crippen molar-refractivity contribution in [3.05, 3.63) is 89.7 Å². The third-order valence-corrected chi connectivity index (χ3v) is 7.67. The zero-order valence-corrected chi connectivity index (χ0v) is 19.9. The average molecular weight is 499 g/mol. The molecule has 0 bridgehead atoms. The molecular weight excluding hydrogens is 475 g/mol. The Morgan fingerprint density at radius 2 is 1.60 bits per heavy atom. The van der Waals surface area contributed by atoms with Gasteiger partial charge in [-0.15, -0.1) is 0 Å². The standard InChI is InChI=1S/C25H23FN2O6S/c1-33-18-11-13-19(14-12-18)35(31,32)28-15-17-7-3-6-10-22(17)27(16-23(28)25(30)34-2)24(29)20-8-4-5-9-21(20)26/h3-14,23H,15-16H2,1-2H3. The molecule has 0 saturated carbocycles. The molecule has 0 aromatic heterocycles. The van der Waals surface area contributed by atoms with Gasteiger partial charge in [-0.3, -0.25) is 9.59 Å². The number of halogens is 1. The number of para-hydroxylation sites is 1. The van der Waals surface area contributed by atoms with Crippen molar-refractivity contribution in [2.45, 2.75) is 17.5 Å². The molecule has 1 heterocycles. The summed E-state index contributed by atoms with van der Waals surface area (Å²) < 4.78 is 52.9. The molecule has 0 fully saturated rings. The predicted molar refractivity (Wildman–Crippen MR) is 126 cm³/mol. The second-order valence-electron chi connectivity index (χ2n) is 7.79. The number of sulfonamides is 1. The average Bonchev–Trinajstić information content (AvgIpc) is 3.06. The number of benzene rings is 3. The molecule has 3 aromatic rings. The van der Waals surface area contributed by atoms with Gasteiger partial charge in [0.05, 0.1) is 31.2 Å². The fourth-order valence-corrected chi connectivity index (χ4v) is 5.53. The van der Waals surface area contributed by atoms with Gasteiger partial charge in [0.25, 0.3) is 5.91 Å². The van der Waals surface area contributed by atoms with Gasteiger partial charge in [0.1, 0.15) is 17.6 Å². The molecule has 35 heavy (non-hydrogen) atoms. The number of anilines is 1. The van der Waals surface area contributed by atoms with Crippen molar-refractivity contribution < 1.29 is 31.9 Å². The molecule has 0 aliphatic carbocycles. The van der Waals surface area contributed by atoms with E-state index in [4.69, 9.17) is 9.47 Å². The molecule has 1 unspecified atom stereocenters. The summed E-state index contributed by atoms with van der Waals surface area (Å²) in [4.78, 5) is 27.5. The Kier molecular flexibility index (Phi) is 6.86. The van der Waals surface area contributed by atoms with Crippen LogP contribution in [0, 0.1) is 5.82 Å². The van der Waals surface area contributed by atoms with Crippen molar-refractivity contribution >= 4 is 27.6 Å². The first kappa shape index (κ1) is 24.4. The van der Waals surface area contributed by atoms with Crippen LogP contribution in [0.4, 0.5) is 10.1 Å². The van der Waals surface area contributed by atoms with Crippen LogP contribution in [0.3, 0.4) is 0 Å². The van der Waals surface area contributed by atoms with Crippen molar-refractivity contribution in [3.63, 3.8) is 0 Å². The Balaban J connectivity index is 1.84. The second-order valence-corrected chi connectivity index (χ2v) is 9.68. The van der Waals surface area contributed by atoms with Crippen LogP contribution in [-0.2, 0) is 26.1 Å². The number of ether oxygens (including phenoxy) is 2. The van der Waals surface area contributed by atoms with E-state index < -0.39 is 33.8 Å². The highest BCUT2D eigenvalue weighted by Gasteiger charge is 2.42. The Morgan fingerprint density at radius 3 is 2.26 bits per heavy atom. The van der Waals surface area contributed by atoms with Crippen LogP contribution >= 0.6 is 0 Å². The fourth-order valence-electron chi connectivity index (χ4n) is 3.98. The molecule has 0 radical (unpaired) electrons. The minimum absolute atomic E-state index is 0.0569. The normalized spacial score (nSPS) is 16.2. The quantitative estimate of drug-likeness (QED) is 0.502. The highest BCUT2D eigenvalue weighted by Crippen LogP contribution is 2.33. The van der Waals surface area contributed by atoms with Gasteiger partial charge in [-0.25, -0.2) is 12.8 Å². The summed E-state index contributed by atoms with van der Waals surface area (Å²) in [6.45, 7) is -0.572. The van der Waals surface area contributed by atoms with E-state index in [1.54, 1.807) is 24.3 Å². The van der Waals surface area contributed by atoms with Crippen molar-refractivity contribution in [2.75, 3.05) is 25.7 Å². The molecule has 4 rings (SSSR count). The van der Waals surface area contributed by atoms with Gasteiger partial charge in [-0.05, 0) is 48.0 Å². The molecule has 1 aliphatic heterocycles. The van der Waals surface area contributed by atoms with Gasteiger partial charge in [-0.1, -0.05) is 30.3 Å². The van der Waals surface area contributed by atoms with Gasteiger partial charge in [0, 0.05) is 12.2 Å². The van der Waals surface area contributed by atoms with E-state index in [2.05, 4.69) is 0 Å². The summed E-state index contributed by atoms with van der Waals surface area (Å²) in [5, 5.41) is 0. The molecule has 182 valence electrons. The van der Waals surface area contributed by atoms with Crippen LogP contribution < -0.4 is 9.64 Å². The molecule has 0 saturated heterocycles. The molecule has 1 amide bonds. The van der Waals surface area contributed by atoms with Gasteiger partial charge >= 0.3 is 5.97 Å². The summed E-state index contributed by atoms with van der Waals surface area (Å²) in [7, 11) is -1.61. The number of carbonyl (C=O) groups excluding carboxylic acids is 2. The van der Waals surface area contributed by atoms with Crippen molar-refractivity contribution in [3.8, 4) is 5.75 Å². The van der Waals surface area contributed by atoms with E-state index in [0.717, 1.165) is 17.5 Å². The lowest BCUT2D eigenvalue weighted by Crippen LogP contribution is -2.50. The SMILES string of the molecule is COC(=O)C1CN(C(=O)c2ccccc2F)c2ccccc2CN1S(=O)(=O)c1ccc(OC)cc1. The zero-order chi connectivity index (χ0) is 25.2. The number of nitrogens with zero attached hydrogens (tertiary/aromatic N) is 2. The van der Waals surface area contributed by atoms with Gasteiger partial charge < -0.3 is 14.4 Å². The maximum Gasteiger partial charge on any atom is 0.326 e. The largest absolute Gasteiger partial charge is 0.497 e. The summed E-state index contributed by atoms with van der Waals surface area (Å²) in [6, 6.07) is 16.5. The third-order valence-electron chi connectivity index (χ3n) is 5.80. The lowest BCUT2D eigenvalue weighted by atomic mass is 10.1. The van der Waals surface area contributed by atoms with Gasteiger partial charge in [-0.2, -0.15) is 4.31 Å². The van der Waals surface area contributed by atoms with Crippen molar-refractivity contribution in [2.24, 2.45) is 0 Å². The number of fused-ring (bicyclic) bond motifs is 1. The zero-order valence-electron chi connectivity index (χ0n) is 19.0. The van der Waals surface area contributed by atoms with Crippen molar-refractivity contribution in [1.82, 2.24) is 4.31 Å². The highest BCUT2D eigenvalue weighted by molar-refractivity contribution is 7.89. The Bertz CT molecular complexity index is 1360. The van der Waals surface area contributed by atoms with E-state index in [1.165, 1.54) is 54.5 Å². The van der Waals surface area contributed by atoms with Crippen LogP contribution in [0.5, 0.6) is 5.75 Å². The number of esters is 1. The minimum atomic E-state index is -4.21. The number of methoxy groups -OCH3 is 2. The molecule has 1 atom stereocenters. The van der Waals surface area contributed by atoms with Crippen LogP contribution in [-0.4, -0.2) is 51.4 Å². The Labute approximate surface area is 202 Å². The number of rotatable bonds is 5. The second kappa shape index (κ2) is 9.85.